The number of ether oxygens (including phenoxy) is 1. The summed E-state index contributed by atoms with van der Waals surface area (Å²) < 4.78 is 67.3. The molecule has 7 nitrogen and oxygen atoms in total. The lowest BCUT2D eigenvalue weighted by molar-refractivity contribution is -0.201. The standard InChI is InChI=1S/C7H13F3N2O5S/c1-6(5(13)14,7(8,9)10)12-18(15,16)11-3-4-17-2/h11-12H,3-4H2,1-2H3,(H,13,14). The van der Waals surface area contributed by atoms with Crippen LogP contribution in [0.15, 0.2) is 0 Å². The van der Waals surface area contributed by atoms with Gasteiger partial charge in [-0.05, 0) is 6.92 Å². The van der Waals surface area contributed by atoms with Gasteiger partial charge in [-0.25, -0.2) is 4.79 Å². The molecule has 1 atom stereocenters. The van der Waals surface area contributed by atoms with Gasteiger partial charge in [0.05, 0.1) is 6.61 Å². The Labute approximate surface area is 101 Å². The van der Waals surface area contributed by atoms with E-state index in [4.69, 9.17) is 5.11 Å². The van der Waals surface area contributed by atoms with E-state index in [0.717, 1.165) is 4.72 Å². The Morgan fingerprint density at radius 3 is 2.22 bits per heavy atom. The van der Waals surface area contributed by atoms with Crippen LogP contribution in [0.2, 0.25) is 0 Å². The van der Waals surface area contributed by atoms with E-state index in [-0.39, 0.29) is 20.1 Å². The molecule has 0 fully saturated rings. The number of alkyl halides is 3. The quantitative estimate of drug-likeness (QED) is 0.547. The van der Waals surface area contributed by atoms with E-state index >= 15 is 0 Å². The number of methoxy groups -OCH3 is 1. The number of rotatable bonds is 7. The fourth-order valence-electron chi connectivity index (χ4n) is 0.806. The molecule has 0 aromatic carbocycles. The number of carbonyl (C=O) groups is 1. The van der Waals surface area contributed by atoms with E-state index < -0.39 is 27.9 Å². The Kier molecular flexibility index (Phi) is 5.53. The van der Waals surface area contributed by atoms with Gasteiger partial charge in [-0.1, -0.05) is 0 Å². The summed E-state index contributed by atoms with van der Waals surface area (Å²) in [4.78, 5) is 10.6. The van der Waals surface area contributed by atoms with Crippen LogP contribution in [0, 0.1) is 0 Å². The van der Waals surface area contributed by atoms with Crippen molar-refractivity contribution in [1.82, 2.24) is 9.44 Å². The van der Waals surface area contributed by atoms with Crippen LogP contribution >= 0.6 is 0 Å². The lowest BCUT2D eigenvalue weighted by Gasteiger charge is -2.28. The zero-order valence-corrected chi connectivity index (χ0v) is 10.4. The number of aliphatic carboxylic acids is 1. The van der Waals surface area contributed by atoms with Crippen molar-refractivity contribution in [3.63, 3.8) is 0 Å². The number of hydrogen-bond donors (Lipinski definition) is 3. The van der Waals surface area contributed by atoms with Crippen LogP contribution in [0.3, 0.4) is 0 Å². The molecule has 1 unspecified atom stereocenters. The van der Waals surface area contributed by atoms with Crippen molar-refractivity contribution in [3.8, 4) is 0 Å². The third kappa shape index (κ3) is 4.40. The molecule has 0 aliphatic carbocycles. The SMILES string of the molecule is COCCNS(=O)(=O)NC(C)(C(=O)O)C(F)(F)F. The summed E-state index contributed by atoms with van der Waals surface area (Å²) in [7, 11) is -3.36. The normalized spacial score (nSPS) is 16.3. The molecule has 0 saturated carbocycles. The Hall–Kier alpha value is -0.910. The van der Waals surface area contributed by atoms with Gasteiger partial charge in [-0.3, -0.25) is 0 Å². The molecule has 0 aromatic rings. The van der Waals surface area contributed by atoms with Gasteiger partial charge in [-0.15, -0.1) is 0 Å². The third-order valence-corrected chi connectivity index (χ3v) is 3.19. The van der Waals surface area contributed by atoms with Gasteiger partial charge in [0.1, 0.15) is 0 Å². The molecule has 108 valence electrons. The average molecular weight is 294 g/mol. The first kappa shape index (κ1) is 17.1. The Bertz CT molecular complexity index is 396. The maximum atomic E-state index is 12.5. The molecule has 0 radical (unpaired) electrons. The Balaban J connectivity index is 4.97. The van der Waals surface area contributed by atoms with Crippen LogP contribution in [-0.2, 0) is 19.7 Å². The highest BCUT2D eigenvalue weighted by Crippen LogP contribution is 2.30. The second kappa shape index (κ2) is 5.82. The largest absolute Gasteiger partial charge is 0.480 e. The highest BCUT2D eigenvalue weighted by molar-refractivity contribution is 7.87. The summed E-state index contributed by atoms with van der Waals surface area (Å²) in [5.74, 6) is -2.35. The number of carboxylic acids is 1. The third-order valence-electron chi connectivity index (χ3n) is 1.93. The van der Waals surface area contributed by atoms with Crippen LogP contribution in [0.1, 0.15) is 6.92 Å². The van der Waals surface area contributed by atoms with Crippen molar-refractivity contribution >= 4 is 16.2 Å². The summed E-state index contributed by atoms with van der Waals surface area (Å²) >= 11 is 0. The van der Waals surface area contributed by atoms with Crippen molar-refractivity contribution in [2.45, 2.75) is 18.6 Å². The first-order valence-electron chi connectivity index (χ1n) is 4.54. The van der Waals surface area contributed by atoms with E-state index in [1.54, 1.807) is 4.72 Å². The van der Waals surface area contributed by atoms with Crippen LogP contribution in [0.25, 0.3) is 0 Å². The monoisotopic (exact) mass is 294 g/mol. The van der Waals surface area contributed by atoms with Gasteiger partial charge in [0.15, 0.2) is 0 Å². The van der Waals surface area contributed by atoms with Gasteiger partial charge >= 0.3 is 12.1 Å². The van der Waals surface area contributed by atoms with Gasteiger partial charge in [0.25, 0.3) is 10.2 Å². The smallest absolute Gasteiger partial charge is 0.418 e. The first-order valence-corrected chi connectivity index (χ1v) is 6.02. The van der Waals surface area contributed by atoms with Crippen molar-refractivity contribution in [2.75, 3.05) is 20.3 Å². The molecule has 0 saturated heterocycles. The fourth-order valence-corrected chi connectivity index (χ4v) is 1.97. The van der Waals surface area contributed by atoms with Crippen molar-refractivity contribution in [2.24, 2.45) is 0 Å². The molecule has 18 heavy (non-hydrogen) atoms. The molecule has 0 spiro atoms. The first-order chi connectivity index (χ1) is 7.96. The molecule has 3 N–H and O–H groups in total. The molecule has 0 aliphatic heterocycles. The van der Waals surface area contributed by atoms with E-state index in [0.29, 0.717) is 0 Å². The van der Waals surface area contributed by atoms with E-state index in [2.05, 4.69) is 4.74 Å². The number of carboxylic acid groups (broad SMARTS) is 1. The fraction of sp³-hybridized carbons (Fsp3) is 0.857. The molecule has 0 amide bonds. The van der Waals surface area contributed by atoms with Gasteiger partial charge in [-0.2, -0.15) is 31.0 Å². The molecule has 0 heterocycles. The Morgan fingerprint density at radius 1 is 1.39 bits per heavy atom. The van der Waals surface area contributed by atoms with Crippen molar-refractivity contribution in [3.05, 3.63) is 0 Å². The zero-order chi connectivity index (χ0) is 14.6. The van der Waals surface area contributed by atoms with Crippen LogP contribution in [0.5, 0.6) is 0 Å². The molecule has 0 rings (SSSR count). The van der Waals surface area contributed by atoms with Gasteiger partial charge in [0, 0.05) is 13.7 Å². The second-order valence-electron chi connectivity index (χ2n) is 3.42. The van der Waals surface area contributed by atoms with Crippen LogP contribution in [-0.4, -0.2) is 51.5 Å². The van der Waals surface area contributed by atoms with E-state index in [1.807, 2.05) is 0 Å². The topological polar surface area (TPSA) is 105 Å². The van der Waals surface area contributed by atoms with Crippen LogP contribution < -0.4 is 9.44 Å². The second-order valence-corrected chi connectivity index (χ2v) is 4.92. The number of nitrogens with one attached hydrogen (secondary N) is 2. The minimum absolute atomic E-state index is 0.0727. The maximum absolute atomic E-state index is 12.5. The van der Waals surface area contributed by atoms with E-state index in [1.165, 1.54) is 7.11 Å². The number of hydrogen-bond acceptors (Lipinski definition) is 4. The Morgan fingerprint density at radius 2 is 1.89 bits per heavy atom. The summed E-state index contributed by atoms with van der Waals surface area (Å²) in [5, 5.41) is 8.50. The molecule has 0 bridgehead atoms. The minimum Gasteiger partial charge on any atom is -0.480 e. The summed E-state index contributed by atoms with van der Waals surface area (Å²) in [5.41, 5.74) is -3.61. The zero-order valence-electron chi connectivity index (χ0n) is 9.54. The molecular weight excluding hydrogens is 281 g/mol. The minimum atomic E-state index is -5.28. The maximum Gasteiger partial charge on any atom is 0.418 e. The molecule has 11 heteroatoms. The predicted molar refractivity (Wildman–Crippen MR) is 54.0 cm³/mol. The van der Waals surface area contributed by atoms with Crippen LogP contribution in [0.4, 0.5) is 13.2 Å². The number of halogens is 3. The summed E-state index contributed by atoms with van der Waals surface area (Å²) in [6, 6.07) is 0. The highest BCUT2D eigenvalue weighted by Gasteiger charge is 2.59. The predicted octanol–water partition coefficient (Wildman–Crippen LogP) is -0.538. The highest BCUT2D eigenvalue weighted by atomic mass is 32.2. The molecular formula is C7H13F3N2O5S. The van der Waals surface area contributed by atoms with Crippen molar-refractivity contribution < 1.29 is 36.2 Å². The molecule has 0 aromatic heterocycles. The lowest BCUT2D eigenvalue weighted by atomic mass is 10.0. The van der Waals surface area contributed by atoms with Gasteiger partial charge in [0.2, 0.25) is 5.54 Å². The van der Waals surface area contributed by atoms with E-state index in [9.17, 15) is 26.4 Å². The average Bonchev–Trinajstić information content (AvgIpc) is 2.14. The molecule has 0 aliphatic rings. The summed E-state index contributed by atoms with van der Waals surface area (Å²) in [6.07, 6.45) is -5.28. The lowest BCUT2D eigenvalue weighted by Crippen LogP contribution is -2.63. The van der Waals surface area contributed by atoms with Crippen molar-refractivity contribution in [1.29, 1.82) is 0 Å². The van der Waals surface area contributed by atoms with Gasteiger partial charge < -0.3 is 9.84 Å². The summed E-state index contributed by atoms with van der Waals surface area (Å²) in [6.45, 7) is -0.152.